The van der Waals surface area contributed by atoms with E-state index in [2.05, 4.69) is 5.32 Å². The van der Waals surface area contributed by atoms with Crippen LogP contribution < -0.4 is 5.32 Å². The molecule has 0 radical (unpaired) electrons. The Morgan fingerprint density at radius 2 is 1.71 bits per heavy atom. The first-order chi connectivity index (χ1) is 17.7. The molecule has 0 aliphatic carbocycles. The maximum Gasteiger partial charge on any atom is 0.411 e. The Morgan fingerprint density at radius 3 is 2.32 bits per heavy atom. The van der Waals surface area contributed by atoms with Crippen molar-refractivity contribution in [2.24, 2.45) is 5.92 Å². The third-order valence-corrected chi connectivity index (χ3v) is 7.10. The van der Waals surface area contributed by atoms with Gasteiger partial charge in [0.25, 0.3) is 10.1 Å². The molecule has 38 heavy (non-hydrogen) atoms. The van der Waals surface area contributed by atoms with Crippen molar-refractivity contribution in [2.75, 3.05) is 25.9 Å². The summed E-state index contributed by atoms with van der Waals surface area (Å²) in [5.74, 6) is -0.387. The third kappa shape index (κ3) is 8.87. The Kier molecular flexibility index (Phi) is 9.64. The van der Waals surface area contributed by atoms with Gasteiger partial charge < -0.3 is 19.7 Å². The van der Waals surface area contributed by atoms with Crippen molar-refractivity contribution >= 4 is 28.2 Å². The Morgan fingerprint density at radius 1 is 1.03 bits per heavy atom. The summed E-state index contributed by atoms with van der Waals surface area (Å²) in [5, 5.41) is 3.04. The second-order valence-electron chi connectivity index (χ2n) is 11.0. The maximum absolute atomic E-state index is 13.3. The number of rotatable bonds is 6. The Bertz CT molecular complexity index is 1090. The lowest BCUT2D eigenvalue weighted by atomic mass is 9.93. The van der Waals surface area contributed by atoms with Crippen LogP contribution in [0.15, 0.2) is 30.3 Å². The molecule has 0 spiro atoms. The predicted molar refractivity (Wildman–Crippen MR) is 140 cm³/mol. The van der Waals surface area contributed by atoms with E-state index in [1.165, 1.54) is 4.90 Å². The number of nitrogens with one attached hydrogen (secondary N) is 1. The lowest BCUT2D eigenvalue weighted by Crippen LogP contribution is -2.59. The summed E-state index contributed by atoms with van der Waals surface area (Å²) >= 11 is 0. The van der Waals surface area contributed by atoms with Crippen LogP contribution in [0.25, 0.3) is 0 Å². The van der Waals surface area contributed by atoms with Gasteiger partial charge in [0.05, 0.1) is 18.9 Å². The van der Waals surface area contributed by atoms with Crippen molar-refractivity contribution in [1.29, 1.82) is 0 Å². The highest BCUT2D eigenvalue weighted by atomic mass is 32.2. The van der Waals surface area contributed by atoms with Gasteiger partial charge in [-0.15, -0.1) is 0 Å². The topological polar surface area (TPSA) is 132 Å². The van der Waals surface area contributed by atoms with Gasteiger partial charge in [0, 0.05) is 19.1 Å². The molecule has 2 heterocycles. The molecule has 3 rings (SSSR count). The van der Waals surface area contributed by atoms with Crippen LogP contribution in [-0.2, 0) is 35.2 Å². The molecule has 0 bridgehead atoms. The molecule has 1 N–H and O–H groups in total. The number of ether oxygens (including phenoxy) is 2. The summed E-state index contributed by atoms with van der Waals surface area (Å²) in [6, 6.07) is 8.41. The molecular formula is C26H39N3O8S. The van der Waals surface area contributed by atoms with Gasteiger partial charge in [0.2, 0.25) is 5.91 Å². The quantitative estimate of drug-likeness (QED) is 0.532. The van der Waals surface area contributed by atoms with Crippen molar-refractivity contribution in [3.05, 3.63) is 35.9 Å². The molecule has 212 valence electrons. The molecular weight excluding hydrogens is 514 g/mol. The number of piperidine rings is 2. The summed E-state index contributed by atoms with van der Waals surface area (Å²) in [6.45, 7) is 8.05. The van der Waals surface area contributed by atoms with Gasteiger partial charge in [-0.25, -0.2) is 9.59 Å². The second-order valence-corrected chi connectivity index (χ2v) is 12.6. The predicted octanol–water partition coefficient (Wildman–Crippen LogP) is 2.89. The molecule has 1 aromatic rings. The van der Waals surface area contributed by atoms with Crippen LogP contribution >= 0.6 is 0 Å². The van der Waals surface area contributed by atoms with Crippen LogP contribution in [0.5, 0.6) is 0 Å². The highest BCUT2D eigenvalue weighted by Gasteiger charge is 2.41. The summed E-state index contributed by atoms with van der Waals surface area (Å²) < 4.78 is 39.3. The zero-order valence-electron chi connectivity index (χ0n) is 22.7. The standard InChI is InChI=1S/C26H39N3O8S/c1-18-15-28(24(31)35-17-19-9-7-6-8-10-19)14-13-21(18)27-23(30)22-12-11-20(37-38(5,33)34)16-29(22)25(32)36-26(2,3)4/h6-10,18,20-22H,11-17H2,1-5H3,(H,27,30). The fourth-order valence-electron chi connectivity index (χ4n) is 4.67. The number of likely N-dealkylation sites (tertiary alicyclic amines) is 2. The lowest BCUT2D eigenvalue weighted by molar-refractivity contribution is -0.130. The normalized spacial score (nSPS) is 24.4. The molecule has 11 nitrogen and oxygen atoms in total. The fraction of sp³-hybridized carbons (Fsp3) is 0.654. The first-order valence-corrected chi connectivity index (χ1v) is 14.7. The van der Waals surface area contributed by atoms with E-state index in [4.69, 9.17) is 13.7 Å². The van der Waals surface area contributed by atoms with E-state index in [0.717, 1.165) is 11.8 Å². The zero-order chi connectivity index (χ0) is 28.1. The zero-order valence-corrected chi connectivity index (χ0v) is 23.5. The monoisotopic (exact) mass is 553 g/mol. The lowest BCUT2D eigenvalue weighted by Gasteiger charge is -2.41. The highest BCUT2D eigenvalue weighted by Crippen LogP contribution is 2.25. The average molecular weight is 554 g/mol. The number of hydrogen-bond acceptors (Lipinski definition) is 8. The average Bonchev–Trinajstić information content (AvgIpc) is 2.82. The van der Waals surface area contributed by atoms with Crippen molar-refractivity contribution in [3.63, 3.8) is 0 Å². The third-order valence-electron chi connectivity index (χ3n) is 6.48. The SMILES string of the molecule is CC1CN(C(=O)OCc2ccccc2)CCC1NC(=O)C1CCC(OS(C)(=O)=O)CN1C(=O)OC(C)(C)C. The van der Waals surface area contributed by atoms with Gasteiger partial charge in [0.1, 0.15) is 18.2 Å². The molecule has 2 fully saturated rings. The highest BCUT2D eigenvalue weighted by molar-refractivity contribution is 7.86. The first-order valence-electron chi connectivity index (χ1n) is 12.9. The molecule has 0 aromatic heterocycles. The first kappa shape index (κ1) is 29.7. The van der Waals surface area contributed by atoms with Crippen molar-refractivity contribution in [1.82, 2.24) is 15.1 Å². The Hall–Kier alpha value is -2.86. The smallest absolute Gasteiger partial charge is 0.411 e. The molecule has 4 atom stereocenters. The molecule has 12 heteroatoms. The number of nitrogens with zero attached hydrogens (tertiary/aromatic N) is 2. The molecule has 2 aliphatic rings. The minimum Gasteiger partial charge on any atom is -0.445 e. The van der Waals surface area contributed by atoms with Crippen LogP contribution in [0.4, 0.5) is 9.59 Å². The van der Waals surface area contributed by atoms with Gasteiger partial charge in [-0.1, -0.05) is 37.3 Å². The van der Waals surface area contributed by atoms with E-state index in [9.17, 15) is 22.8 Å². The van der Waals surface area contributed by atoms with Gasteiger partial charge in [-0.3, -0.25) is 13.9 Å². The summed E-state index contributed by atoms with van der Waals surface area (Å²) in [6.07, 6.45) is 0.150. The van der Waals surface area contributed by atoms with Crippen LogP contribution in [-0.4, -0.2) is 86.0 Å². The van der Waals surface area contributed by atoms with E-state index >= 15 is 0 Å². The second kappa shape index (κ2) is 12.3. The minimum absolute atomic E-state index is 0.0446. The van der Waals surface area contributed by atoms with Crippen molar-refractivity contribution < 1.29 is 36.5 Å². The van der Waals surface area contributed by atoms with Gasteiger partial charge >= 0.3 is 12.2 Å². The number of hydrogen-bond donors (Lipinski definition) is 1. The van der Waals surface area contributed by atoms with Crippen LogP contribution in [0.1, 0.15) is 52.5 Å². The fourth-order valence-corrected chi connectivity index (χ4v) is 5.33. The number of carbonyl (C=O) groups is 3. The van der Waals surface area contributed by atoms with Gasteiger partial charge in [-0.2, -0.15) is 8.42 Å². The maximum atomic E-state index is 13.3. The van der Waals surface area contributed by atoms with E-state index in [1.807, 2.05) is 37.3 Å². The number of carbonyl (C=O) groups excluding carboxylic acids is 3. The van der Waals surface area contributed by atoms with E-state index in [-0.39, 0.29) is 37.4 Å². The summed E-state index contributed by atoms with van der Waals surface area (Å²) in [7, 11) is -3.73. The Balaban J connectivity index is 1.59. The largest absolute Gasteiger partial charge is 0.445 e. The molecule has 3 amide bonds. The number of benzene rings is 1. The van der Waals surface area contributed by atoms with Crippen molar-refractivity contribution in [3.8, 4) is 0 Å². The minimum atomic E-state index is -3.73. The van der Waals surface area contributed by atoms with Gasteiger partial charge in [0.15, 0.2) is 0 Å². The summed E-state index contributed by atoms with van der Waals surface area (Å²) in [4.78, 5) is 41.7. The summed E-state index contributed by atoms with van der Waals surface area (Å²) in [5.41, 5.74) is 0.112. The van der Waals surface area contributed by atoms with Crippen molar-refractivity contribution in [2.45, 2.75) is 77.4 Å². The van der Waals surface area contributed by atoms with Crippen LogP contribution in [0.2, 0.25) is 0 Å². The van der Waals surface area contributed by atoms with Crippen LogP contribution in [0, 0.1) is 5.92 Å². The van der Waals surface area contributed by atoms with Crippen LogP contribution in [0.3, 0.4) is 0 Å². The van der Waals surface area contributed by atoms with E-state index < -0.39 is 40.1 Å². The molecule has 2 saturated heterocycles. The number of amides is 3. The molecule has 0 saturated carbocycles. The van der Waals surface area contributed by atoms with E-state index in [1.54, 1.807) is 25.7 Å². The molecule has 2 aliphatic heterocycles. The molecule has 1 aromatic carbocycles. The Labute approximate surface area is 224 Å². The van der Waals surface area contributed by atoms with Gasteiger partial charge in [-0.05, 0) is 51.5 Å². The molecule has 4 unspecified atom stereocenters. The van der Waals surface area contributed by atoms with E-state index in [0.29, 0.717) is 25.9 Å².